The maximum absolute atomic E-state index is 3.64. The Labute approximate surface area is 136 Å². The minimum atomic E-state index is 0.574. The number of thiophene rings is 1. The minimum Gasteiger partial charge on any atom is -0.310 e. The van der Waals surface area contributed by atoms with Gasteiger partial charge in [-0.3, -0.25) is 0 Å². The summed E-state index contributed by atoms with van der Waals surface area (Å²) >= 11 is 1.88. The van der Waals surface area contributed by atoms with Crippen molar-refractivity contribution in [1.82, 2.24) is 5.32 Å². The summed E-state index contributed by atoms with van der Waals surface area (Å²) in [7, 11) is 0. The van der Waals surface area contributed by atoms with Crippen molar-refractivity contribution < 1.29 is 0 Å². The molecule has 21 heavy (non-hydrogen) atoms. The Morgan fingerprint density at radius 1 is 0.952 bits per heavy atom. The number of unbranched alkanes of at least 4 members (excludes halogenated alkanes) is 8. The molecule has 1 unspecified atom stereocenters. The maximum Gasteiger partial charge on any atom is 0.0328 e. The fourth-order valence-electron chi connectivity index (χ4n) is 2.94. The molecule has 0 spiro atoms. The average Bonchev–Trinajstić information content (AvgIpc) is 2.91. The molecule has 1 rings (SSSR count). The Hall–Kier alpha value is -0.340. The lowest BCUT2D eigenvalue weighted by Crippen LogP contribution is -2.20. The van der Waals surface area contributed by atoms with Crippen molar-refractivity contribution in [2.75, 3.05) is 6.54 Å². The second-order valence-electron chi connectivity index (χ2n) is 6.22. The predicted molar refractivity (Wildman–Crippen MR) is 97.3 cm³/mol. The zero-order chi connectivity index (χ0) is 15.3. The molecule has 1 nitrogen and oxygen atoms in total. The summed E-state index contributed by atoms with van der Waals surface area (Å²) in [5.74, 6) is 0. The Bertz CT molecular complexity index is 345. The largest absolute Gasteiger partial charge is 0.310 e. The lowest BCUT2D eigenvalue weighted by atomic mass is 10.0. The normalized spacial score (nSPS) is 12.7. The molecule has 0 aliphatic rings. The SMILES string of the molecule is CCCCCCCCCCCC(NCC)c1csc(C)c1. The van der Waals surface area contributed by atoms with E-state index < -0.39 is 0 Å². The van der Waals surface area contributed by atoms with E-state index in [4.69, 9.17) is 0 Å². The van der Waals surface area contributed by atoms with Crippen molar-refractivity contribution >= 4 is 11.3 Å². The van der Waals surface area contributed by atoms with Crippen molar-refractivity contribution in [2.45, 2.75) is 91.0 Å². The van der Waals surface area contributed by atoms with Gasteiger partial charge in [0, 0.05) is 10.9 Å². The molecule has 0 saturated carbocycles. The van der Waals surface area contributed by atoms with E-state index in [0.717, 1.165) is 6.54 Å². The minimum absolute atomic E-state index is 0.574. The van der Waals surface area contributed by atoms with Crippen LogP contribution in [-0.4, -0.2) is 6.54 Å². The summed E-state index contributed by atoms with van der Waals surface area (Å²) in [4.78, 5) is 1.43. The van der Waals surface area contributed by atoms with Crippen LogP contribution in [-0.2, 0) is 0 Å². The fraction of sp³-hybridized carbons (Fsp3) is 0.789. The molecule has 0 fully saturated rings. The molecule has 0 aliphatic carbocycles. The van der Waals surface area contributed by atoms with Crippen LogP contribution in [0.4, 0.5) is 0 Å². The molecule has 0 amide bonds. The summed E-state index contributed by atoms with van der Waals surface area (Å²) < 4.78 is 0. The smallest absolute Gasteiger partial charge is 0.0328 e. The summed E-state index contributed by atoms with van der Waals surface area (Å²) in [6.07, 6.45) is 14.0. The van der Waals surface area contributed by atoms with Crippen LogP contribution >= 0.6 is 11.3 Å². The van der Waals surface area contributed by atoms with E-state index in [0.29, 0.717) is 6.04 Å². The van der Waals surface area contributed by atoms with Gasteiger partial charge in [-0.05, 0) is 36.9 Å². The molecule has 0 radical (unpaired) electrons. The molecule has 122 valence electrons. The Morgan fingerprint density at radius 3 is 2.10 bits per heavy atom. The summed E-state index contributed by atoms with van der Waals surface area (Å²) in [6.45, 7) is 7.77. The van der Waals surface area contributed by atoms with Gasteiger partial charge in [0.15, 0.2) is 0 Å². The Balaban J connectivity index is 2.08. The van der Waals surface area contributed by atoms with Gasteiger partial charge in [0.1, 0.15) is 0 Å². The number of hydrogen-bond donors (Lipinski definition) is 1. The highest BCUT2D eigenvalue weighted by atomic mass is 32.1. The summed E-state index contributed by atoms with van der Waals surface area (Å²) in [5.41, 5.74) is 1.50. The molecule has 1 aromatic rings. The molecule has 0 aromatic carbocycles. The van der Waals surface area contributed by atoms with Gasteiger partial charge < -0.3 is 5.32 Å². The Kier molecular flexibility index (Phi) is 10.9. The fourth-order valence-corrected chi connectivity index (χ4v) is 3.70. The molecular weight excluding hydrogens is 274 g/mol. The quantitative estimate of drug-likeness (QED) is 0.403. The van der Waals surface area contributed by atoms with Crippen LogP contribution in [0.2, 0.25) is 0 Å². The van der Waals surface area contributed by atoms with Gasteiger partial charge in [-0.1, -0.05) is 71.6 Å². The highest BCUT2D eigenvalue weighted by Gasteiger charge is 2.10. The van der Waals surface area contributed by atoms with Crippen molar-refractivity contribution in [3.05, 3.63) is 21.9 Å². The van der Waals surface area contributed by atoms with Crippen molar-refractivity contribution in [1.29, 1.82) is 0 Å². The molecule has 1 N–H and O–H groups in total. The van der Waals surface area contributed by atoms with Crippen LogP contribution in [0.25, 0.3) is 0 Å². The first-order valence-electron chi connectivity index (χ1n) is 9.06. The van der Waals surface area contributed by atoms with Gasteiger partial charge in [-0.25, -0.2) is 0 Å². The van der Waals surface area contributed by atoms with Crippen LogP contribution in [0.15, 0.2) is 11.4 Å². The van der Waals surface area contributed by atoms with Gasteiger partial charge in [-0.2, -0.15) is 0 Å². The molecule has 0 saturated heterocycles. The molecule has 1 heterocycles. The van der Waals surface area contributed by atoms with Gasteiger partial charge in [0.2, 0.25) is 0 Å². The van der Waals surface area contributed by atoms with Gasteiger partial charge in [0.05, 0.1) is 0 Å². The van der Waals surface area contributed by atoms with Crippen molar-refractivity contribution in [2.24, 2.45) is 0 Å². The van der Waals surface area contributed by atoms with Crippen LogP contribution in [0.1, 0.15) is 94.5 Å². The van der Waals surface area contributed by atoms with Gasteiger partial charge >= 0.3 is 0 Å². The average molecular weight is 310 g/mol. The van der Waals surface area contributed by atoms with Crippen LogP contribution in [0.5, 0.6) is 0 Å². The molecule has 0 aliphatic heterocycles. The lowest BCUT2D eigenvalue weighted by Gasteiger charge is -2.16. The molecule has 2 heteroatoms. The predicted octanol–water partition coefficient (Wildman–Crippen LogP) is 6.63. The monoisotopic (exact) mass is 309 g/mol. The third-order valence-electron chi connectivity index (χ3n) is 4.20. The van der Waals surface area contributed by atoms with Crippen LogP contribution in [0, 0.1) is 6.92 Å². The molecule has 1 atom stereocenters. The molecule has 1 aromatic heterocycles. The second kappa shape index (κ2) is 12.2. The van der Waals surface area contributed by atoms with Crippen molar-refractivity contribution in [3.63, 3.8) is 0 Å². The van der Waals surface area contributed by atoms with Crippen LogP contribution < -0.4 is 5.32 Å². The standard InChI is InChI=1S/C19H35NS/c1-4-6-7-8-9-10-11-12-13-14-19(20-5-2)18-15-17(3)21-16-18/h15-16,19-20H,4-14H2,1-3H3. The first-order chi connectivity index (χ1) is 10.3. The van der Waals surface area contributed by atoms with E-state index in [9.17, 15) is 0 Å². The number of rotatable bonds is 13. The highest BCUT2D eigenvalue weighted by Crippen LogP contribution is 2.25. The maximum atomic E-state index is 3.64. The zero-order valence-corrected chi connectivity index (χ0v) is 15.2. The molecular formula is C19H35NS. The van der Waals surface area contributed by atoms with Crippen molar-refractivity contribution in [3.8, 4) is 0 Å². The summed E-state index contributed by atoms with van der Waals surface area (Å²) in [6, 6.07) is 2.93. The second-order valence-corrected chi connectivity index (χ2v) is 7.33. The van der Waals surface area contributed by atoms with Gasteiger partial charge in [0.25, 0.3) is 0 Å². The van der Waals surface area contributed by atoms with E-state index in [1.54, 1.807) is 0 Å². The number of hydrogen-bond acceptors (Lipinski definition) is 2. The van der Waals surface area contributed by atoms with E-state index in [1.165, 1.54) is 74.6 Å². The van der Waals surface area contributed by atoms with E-state index in [1.807, 2.05) is 11.3 Å². The zero-order valence-electron chi connectivity index (χ0n) is 14.4. The highest BCUT2D eigenvalue weighted by molar-refractivity contribution is 7.10. The molecule has 0 bridgehead atoms. The third kappa shape index (κ3) is 8.63. The first-order valence-corrected chi connectivity index (χ1v) is 9.94. The van der Waals surface area contributed by atoms with Crippen LogP contribution in [0.3, 0.4) is 0 Å². The Morgan fingerprint density at radius 2 is 1.57 bits per heavy atom. The van der Waals surface area contributed by atoms with E-state index >= 15 is 0 Å². The number of aryl methyl sites for hydroxylation is 1. The summed E-state index contributed by atoms with van der Waals surface area (Å²) in [5, 5.41) is 5.97. The van der Waals surface area contributed by atoms with E-state index in [2.05, 4.69) is 37.5 Å². The van der Waals surface area contributed by atoms with Gasteiger partial charge in [-0.15, -0.1) is 11.3 Å². The van der Waals surface area contributed by atoms with E-state index in [-0.39, 0.29) is 0 Å². The topological polar surface area (TPSA) is 12.0 Å². The first kappa shape index (κ1) is 18.7. The lowest BCUT2D eigenvalue weighted by molar-refractivity contribution is 0.475. The number of nitrogens with one attached hydrogen (secondary N) is 1. The third-order valence-corrected chi connectivity index (χ3v) is 5.08.